The monoisotopic (exact) mass is 855 g/mol. The third-order valence-corrected chi connectivity index (χ3v) is 16.3. The average Bonchev–Trinajstić information content (AvgIpc) is 4.04. The van der Waals surface area contributed by atoms with Crippen LogP contribution >= 0.6 is 0 Å². The number of aromatic nitrogens is 3. The van der Waals surface area contributed by atoms with Gasteiger partial charge in [-0.2, -0.15) is 4.57 Å². The highest BCUT2D eigenvalue weighted by Crippen LogP contribution is 2.54. The number of imidazole rings is 1. The molecule has 1 atom stereocenters. The predicted octanol–water partition coefficient (Wildman–Crippen LogP) is 13.6. The second-order valence-corrected chi connectivity index (χ2v) is 24.6. The van der Waals surface area contributed by atoms with Gasteiger partial charge in [0.15, 0.2) is 22.8 Å². The number of benzene rings is 8. The lowest BCUT2D eigenvalue weighted by molar-refractivity contribution is -0.944. The van der Waals surface area contributed by atoms with Crippen LogP contribution < -0.4 is 14.3 Å². The molecule has 0 radical (unpaired) electrons. The van der Waals surface area contributed by atoms with Crippen LogP contribution in [-0.2, 0) is 12.1 Å². The summed E-state index contributed by atoms with van der Waals surface area (Å²) in [7, 11) is -1.90. The summed E-state index contributed by atoms with van der Waals surface area (Å²) >= 11 is 0. The summed E-state index contributed by atoms with van der Waals surface area (Å²) in [5.74, 6) is 1.63. The summed E-state index contributed by atoms with van der Waals surface area (Å²) in [5, 5.41) is 6.16. The van der Waals surface area contributed by atoms with Gasteiger partial charge in [-0.05, 0) is 88.5 Å². The lowest BCUT2D eigenvalue weighted by Gasteiger charge is -2.24. The van der Waals surface area contributed by atoms with E-state index in [0.717, 1.165) is 56.5 Å². The van der Waals surface area contributed by atoms with Crippen molar-refractivity contribution in [2.75, 3.05) is 0 Å². The van der Waals surface area contributed by atoms with Crippen molar-refractivity contribution in [2.45, 2.75) is 45.6 Å². The zero-order valence-corrected chi connectivity index (χ0v) is 38.4. The largest absolute Gasteiger partial charge is 0.455 e. The van der Waals surface area contributed by atoms with Crippen LogP contribution in [0, 0.1) is 5.92 Å². The molecule has 0 fully saturated rings. The minimum absolute atomic E-state index is 0.519. The van der Waals surface area contributed by atoms with Crippen molar-refractivity contribution in [3.63, 3.8) is 0 Å². The van der Waals surface area contributed by atoms with Crippen LogP contribution in [0.15, 0.2) is 193 Å². The third kappa shape index (κ3) is 5.30. The molecule has 1 unspecified atom stereocenters. The Morgan fingerprint density at radius 1 is 0.600 bits per heavy atom. The van der Waals surface area contributed by atoms with E-state index in [0.29, 0.717) is 5.92 Å². The summed E-state index contributed by atoms with van der Waals surface area (Å²) in [6.45, 7) is 12.3. The van der Waals surface area contributed by atoms with Crippen molar-refractivity contribution in [2.24, 2.45) is 5.92 Å². The predicted molar refractivity (Wildman–Crippen MR) is 270 cm³/mol. The molecule has 3 aromatic heterocycles. The van der Waals surface area contributed by atoms with Crippen molar-refractivity contribution in [1.82, 2.24) is 4.57 Å². The number of fused-ring (bicyclic) bond motifs is 17. The molecule has 312 valence electrons. The van der Waals surface area contributed by atoms with Crippen molar-refractivity contribution < 1.29 is 13.6 Å². The Bertz CT molecular complexity index is 3760. The Labute approximate surface area is 380 Å². The van der Waals surface area contributed by atoms with Gasteiger partial charge in [0.1, 0.15) is 16.8 Å². The molecule has 65 heavy (non-hydrogen) atoms. The van der Waals surface area contributed by atoms with Gasteiger partial charge >= 0.3 is 11.5 Å². The van der Waals surface area contributed by atoms with E-state index in [1.807, 2.05) is 0 Å². The van der Waals surface area contributed by atoms with Crippen LogP contribution in [0.25, 0.3) is 94.3 Å². The summed E-state index contributed by atoms with van der Waals surface area (Å²) in [4.78, 5) is 0. The van der Waals surface area contributed by atoms with Crippen molar-refractivity contribution in [1.29, 1.82) is 0 Å². The first-order valence-electron chi connectivity index (χ1n) is 23.1. The van der Waals surface area contributed by atoms with Gasteiger partial charge in [-0.15, -0.1) is 9.13 Å². The van der Waals surface area contributed by atoms with Gasteiger partial charge in [0.25, 0.3) is 0 Å². The second kappa shape index (κ2) is 13.8. The average molecular weight is 856 g/mol. The molecule has 0 bridgehead atoms. The molecule has 2 aliphatic rings. The number of para-hydroxylation sites is 3. The minimum atomic E-state index is -1.90. The van der Waals surface area contributed by atoms with Gasteiger partial charge in [-0.1, -0.05) is 161 Å². The highest BCUT2D eigenvalue weighted by molar-refractivity contribution is 6.89. The smallest absolute Gasteiger partial charge is 0.364 e. The standard InChI is InChI=1S/C60H49N3OSi/c1-38(2)34-43-36-53-48-35-42(39-18-8-6-9-19-39)29-32-49(48)60(61(53)37-55(43)65(3,4)5)50-33-31-47-46-24-14-17-27-54(46)64-58(47)56(50)59-62(51-25-15-16-26-52(51)63(59)60)57-44-23-13-12-22-41(44)28-30-45(57)40-20-10-7-11-21-40/h6-33,35-38H,34H2,1-5H3/q+2. The number of furan rings is 1. The van der Waals surface area contributed by atoms with Crippen LogP contribution in [0.4, 0.5) is 0 Å². The molecule has 5 heteroatoms. The molecular weight excluding hydrogens is 807 g/mol. The van der Waals surface area contributed by atoms with E-state index in [2.05, 4.69) is 235 Å². The lowest BCUT2D eigenvalue weighted by Crippen LogP contribution is -2.72. The molecule has 0 saturated carbocycles. The second-order valence-electron chi connectivity index (χ2n) is 19.6. The van der Waals surface area contributed by atoms with Gasteiger partial charge in [0, 0.05) is 33.0 Å². The first-order valence-corrected chi connectivity index (χ1v) is 26.6. The van der Waals surface area contributed by atoms with E-state index < -0.39 is 13.7 Å². The quantitative estimate of drug-likeness (QED) is 0.121. The van der Waals surface area contributed by atoms with Crippen molar-refractivity contribution in [3.05, 3.63) is 205 Å². The molecule has 1 spiro atoms. The number of hydrogen-bond donors (Lipinski definition) is 0. The normalized spacial score (nSPS) is 15.1. The summed E-state index contributed by atoms with van der Waals surface area (Å²) < 4.78 is 15.2. The Morgan fingerprint density at radius 2 is 1.29 bits per heavy atom. The molecule has 0 N–H and O–H groups in total. The Kier molecular flexibility index (Phi) is 8.12. The van der Waals surface area contributed by atoms with Crippen LogP contribution in [-0.4, -0.2) is 12.6 Å². The molecule has 11 aromatic rings. The molecule has 8 aromatic carbocycles. The first-order chi connectivity index (χ1) is 31.7. The fraction of sp³-hybridized carbons (Fsp3) is 0.133. The number of nitrogens with zero attached hydrogens (tertiary/aromatic N) is 3. The van der Waals surface area contributed by atoms with E-state index >= 15 is 0 Å². The molecule has 2 aliphatic heterocycles. The van der Waals surface area contributed by atoms with Crippen molar-refractivity contribution >= 4 is 57.0 Å². The van der Waals surface area contributed by atoms with Crippen LogP contribution in [0.1, 0.15) is 30.5 Å². The topological polar surface area (TPSA) is 25.8 Å². The van der Waals surface area contributed by atoms with Gasteiger partial charge in [-0.3, -0.25) is 0 Å². The maximum absolute atomic E-state index is 7.21. The third-order valence-electron chi connectivity index (χ3n) is 14.2. The highest BCUT2D eigenvalue weighted by atomic mass is 28.3. The van der Waals surface area contributed by atoms with Crippen LogP contribution in [0.5, 0.6) is 0 Å². The maximum Gasteiger partial charge on any atom is 0.364 e. The fourth-order valence-corrected chi connectivity index (χ4v) is 13.2. The summed E-state index contributed by atoms with van der Waals surface area (Å²) in [6, 6.07) is 67.5. The Morgan fingerprint density at radius 3 is 2.08 bits per heavy atom. The van der Waals surface area contributed by atoms with E-state index in [9.17, 15) is 0 Å². The van der Waals surface area contributed by atoms with Gasteiger partial charge < -0.3 is 4.42 Å². The molecular formula is C60H49N3OSi+2. The Balaban J connectivity index is 1.27. The van der Waals surface area contributed by atoms with Crippen LogP contribution in [0.3, 0.4) is 0 Å². The zero-order valence-electron chi connectivity index (χ0n) is 37.4. The minimum Gasteiger partial charge on any atom is -0.455 e. The number of rotatable bonds is 6. The maximum atomic E-state index is 7.21. The highest BCUT2D eigenvalue weighted by Gasteiger charge is 2.67. The Hall–Kier alpha value is -7.34. The van der Waals surface area contributed by atoms with E-state index in [1.165, 1.54) is 66.2 Å². The first kappa shape index (κ1) is 38.1. The molecule has 0 saturated heterocycles. The van der Waals surface area contributed by atoms with Crippen LogP contribution in [0.2, 0.25) is 19.6 Å². The van der Waals surface area contributed by atoms with E-state index in [4.69, 9.17) is 4.42 Å². The molecule has 13 rings (SSSR count). The van der Waals surface area contributed by atoms with E-state index in [1.54, 1.807) is 0 Å². The SMILES string of the molecule is CC(C)Cc1cc2[n+](cc1[Si](C)(C)C)C1(c3ccc(-c4ccccc4)cc3-2)c2ccc3c(oc4ccccc43)c2-c2n(-c3c(-c4ccccc4)ccc4ccccc34)c3ccccc3[n+]21. The zero-order chi connectivity index (χ0) is 43.8. The van der Waals surface area contributed by atoms with Crippen molar-refractivity contribution in [3.8, 4) is 50.6 Å². The fourth-order valence-electron chi connectivity index (χ4n) is 11.6. The van der Waals surface area contributed by atoms with Gasteiger partial charge in [0.05, 0.1) is 24.8 Å². The molecule has 4 nitrogen and oxygen atoms in total. The molecule has 0 aliphatic carbocycles. The molecule has 5 heterocycles. The number of pyridine rings is 1. The van der Waals surface area contributed by atoms with E-state index in [-0.39, 0.29) is 0 Å². The van der Waals surface area contributed by atoms with Gasteiger partial charge in [-0.25, -0.2) is 0 Å². The number of hydrogen-bond acceptors (Lipinski definition) is 1. The van der Waals surface area contributed by atoms with Gasteiger partial charge in [0.2, 0.25) is 5.69 Å². The lowest BCUT2D eigenvalue weighted by atomic mass is 9.87. The summed E-state index contributed by atoms with van der Waals surface area (Å²) in [5.41, 5.74) is 16.9. The molecule has 0 amide bonds. The summed E-state index contributed by atoms with van der Waals surface area (Å²) in [6.07, 6.45) is 3.63.